The van der Waals surface area contributed by atoms with Crippen molar-refractivity contribution in [3.05, 3.63) is 0 Å². The molecule has 0 atom stereocenters. The van der Waals surface area contributed by atoms with E-state index in [0.29, 0.717) is 13.1 Å². The highest BCUT2D eigenvalue weighted by atomic mass is 16.5. The molecule has 0 spiro atoms. The molecule has 0 saturated heterocycles. The zero-order chi connectivity index (χ0) is 8.91. The van der Waals surface area contributed by atoms with Crippen LogP contribution in [0.5, 0.6) is 0 Å². The van der Waals surface area contributed by atoms with E-state index in [4.69, 9.17) is 4.74 Å². The van der Waals surface area contributed by atoms with Crippen molar-refractivity contribution < 1.29 is 9.53 Å². The number of carbonyl (C=O) groups excluding carboxylic acids is 1. The fourth-order valence-corrected chi connectivity index (χ4v) is 0.776. The molecule has 66 valence electrons. The number of ether oxygens (including phenoxy) is 1. The maximum Gasteiger partial charge on any atom is 0.293 e. The molecule has 0 aliphatic rings. The van der Waals surface area contributed by atoms with E-state index in [1.807, 2.05) is 20.9 Å². The fourth-order valence-electron chi connectivity index (χ4n) is 0.776. The highest BCUT2D eigenvalue weighted by molar-refractivity contribution is 5.37. The van der Waals surface area contributed by atoms with Gasteiger partial charge in [0.05, 0.1) is 0 Å². The van der Waals surface area contributed by atoms with E-state index in [-0.39, 0.29) is 5.54 Å². The maximum absolute atomic E-state index is 9.92. The van der Waals surface area contributed by atoms with Crippen LogP contribution in [-0.4, -0.2) is 37.1 Å². The van der Waals surface area contributed by atoms with Gasteiger partial charge in [-0.05, 0) is 27.4 Å². The first-order valence-corrected chi connectivity index (χ1v) is 3.81. The zero-order valence-corrected chi connectivity index (χ0v) is 7.76. The molecule has 0 aliphatic heterocycles. The Morgan fingerprint density at radius 3 is 2.45 bits per heavy atom. The summed E-state index contributed by atoms with van der Waals surface area (Å²) in [5.74, 6) is 0. The van der Waals surface area contributed by atoms with Gasteiger partial charge in [0.1, 0.15) is 6.61 Å². The average molecular weight is 159 g/mol. The first-order valence-electron chi connectivity index (χ1n) is 3.81. The Hall–Kier alpha value is -0.570. The molecule has 0 heterocycles. The van der Waals surface area contributed by atoms with Gasteiger partial charge < -0.3 is 4.74 Å². The minimum Gasteiger partial charge on any atom is -0.466 e. The van der Waals surface area contributed by atoms with E-state index in [9.17, 15) is 4.79 Å². The van der Waals surface area contributed by atoms with Crippen LogP contribution in [0.25, 0.3) is 0 Å². The van der Waals surface area contributed by atoms with E-state index in [1.54, 1.807) is 0 Å². The number of likely N-dealkylation sites (N-methyl/N-ethyl adjacent to an activating group) is 1. The van der Waals surface area contributed by atoms with Crippen LogP contribution in [0.15, 0.2) is 0 Å². The van der Waals surface area contributed by atoms with Crippen molar-refractivity contribution in [1.82, 2.24) is 4.90 Å². The van der Waals surface area contributed by atoms with Crippen molar-refractivity contribution in [3.63, 3.8) is 0 Å². The summed E-state index contributed by atoms with van der Waals surface area (Å²) >= 11 is 0. The predicted molar refractivity (Wildman–Crippen MR) is 44.4 cm³/mol. The van der Waals surface area contributed by atoms with Crippen molar-refractivity contribution in [1.29, 1.82) is 0 Å². The van der Waals surface area contributed by atoms with Gasteiger partial charge in [0.25, 0.3) is 6.47 Å². The molecule has 0 aliphatic carbocycles. The van der Waals surface area contributed by atoms with Crippen LogP contribution in [0.2, 0.25) is 0 Å². The molecule has 0 saturated carbocycles. The molecule has 0 bridgehead atoms. The van der Waals surface area contributed by atoms with Gasteiger partial charge in [0, 0.05) is 5.54 Å². The van der Waals surface area contributed by atoms with E-state index < -0.39 is 0 Å². The van der Waals surface area contributed by atoms with E-state index in [1.165, 1.54) is 0 Å². The fraction of sp³-hybridized carbons (Fsp3) is 0.875. The second-order valence-electron chi connectivity index (χ2n) is 3.23. The van der Waals surface area contributed by atoms with Crippen molar-refractivity contribution in [3.8, 4) is 0 Å². The second-order valence-corrected chi connectivity index (χ2v) is 3.23. The van der Waals surface area contributed by atoms with Gasteiger partial charge in [-0.2, -0.15) is 0 Å². The summed E-state index contributed by atoms with van der Waals surface area (Å²) in [4.78, 5) is 12.1. The number of hydrogen-bond donors (Lipinski definition) is 0. The first-order chi connectivity index (χ1) is 5.04. The smallest absolute Gasteiger partial charge is 0.293 e. The molecule has 0 fully saturated rings. The van der Waals surface area contributed by atoms with Crippen LogP contribution in [0, 0.1) is 0 Å². The third-order valence-electron chi connectivity index (χ3n) is 2.01. The molecule has 3 nitrogen and oxygen atoms in total. The number of nitrogens with zero attached hydrogens (tertiary/aromatic N) is 1. The lowest BCUT2D eigenvalue weighted by Crippen LogP contribution is -2.44. The highest BCUT2D eigenvalue weighted by Crippen LogP contribution is 2.11. The SMILES string of the molecule is CCN(C)C(C)(C)COC=O. The Kier molecular flexibility index (Phi) is 4.11. The van der Waals surface area contributed by atoms with Gasteiger partial charge >= 0.3 is 0 Å². The summed E-state index contributed by atoms with van der Waals surface area (Å²) < 4.78 is 4.70. The van der Waals surface area contributed by atoms with Crippen molar-refractivity contribution in [2.24, 2.45) is 0 Å². The van der Waals surface area contributed by atoms with Gasteiger partial charge in [0.15, 0.2) is 0 Å². The lowest BCUT2D eigenvalue weighted by Gasteiger charge is -2.33. The molecule has 11 heavy (non-hydrogen) atoms. The Bertz CT molecular complexity index is 123. The average Bonchev–Trinajstić information content (AvgIpc) is 1.99. The van der Waals surface area contributed by atoms with Crippen LogP contribution in [0.3, 0.4) is 0 Å². The quantitative estimate of drug-likeness (QED) is 0.558. The molecule has 0 unspecified atom stereocenters. The van der Waals surface area contributed by atoms with Crippen LogP contribution in [-0.2, 0) is 9.53 Å². The summed E-state index contributed by atoms with van der Waals surface area (Å²) in [6, 6.07) is 0. The molecule has 0 aromatic rings. The molecular weight excluding hydrogens is 142 g/mol. The highest BCUT2D eigenvalue weighted by Gasteiger charge is 2.22. The molecular formula is C8H17NO2. The molecule has 0 N–H and O–H groups in total. The zero-order valence-electron chi connectivity index (χ0n) is 7.76. The molecule has 0 aromatic carbocycles. The minimum atomic E-state index is -0.0599. The monoisotopic (exact) mass is 159 g/mol. The van der Waals surface area contributed by atoms with Crippen LogP contribution < -0.4 is 0 Å². The lowest BCUT2D eigenvalue weighted by molar-refractivity contribution is -0.132. The van der Waals surface area contributed by atoms with Gasteiger partial charge in [-0.3, -0.25) is 9.69 Å². The summed E-state index contributed by atoms with van der Waals surface area (Å²) in [6.45, 7) is 8.05. The maximum atomic E-state index is 9.92. The molecule has 0 radical (unpaired) electrons. The Morgan fingerprint density at radius 2 is 2.09 bits per heavy atom. The van der Waals surface area contributed by atoms with Gasteiger partial charge in [-0.15, -0.1) is 0 Å². The first kappa shape index (κ1) is 10.4. The van der Waals surface area contributed by atoms with Crippen LogP contribution in [0.4, 0.5) is 0 Å². The predicted octanol–water partition coefficient (Wildman–Crippen LogP) is 0.890. The number of rotatable bonds is 5. The topological polar surface area (TPSA) is 29.5 Å². The lowest BCUT2D eigenvalue weighted by atomic mass is 10.1. The van der Waals surface area contributed by atoms with Crippen molar-refractivity contribution in [2.75, 3.05) is 20.2 Å². The minimum absolute atomic E-state index is 0.0599. The second kappa shape index (κ2) is 4.34. The third kappa shape index (κ3) is 3.37. The van der Waals surface area contributed by atoms with E-state index >= 15 is 0 Å². The van der Waals surface area contributed by atoms with E-state index in [0.717, 1.165) is 6.54 Å². The Labute approximate surface area is 68.3 Å². The molecule has 3 heteroatoms. The largest absolute Gasteiger partial charge is 0.466 e. The number of hydrogen-bond acceptors (Lipinski definition) is 3. The van der Waals surface area contributed by atoms with Crippen molar-refractivity contribution >= 4 is 6.47 Å². The number of carbonyl (C=O) groups is 1. The standard InChI is InChI=1S/C8H17NO2/c1-5-9(4)8(2,3)6-11-7-10/h7H,5-6H2,1-4H3. The van der Waals surface area contributed by atoms with Crippen LogP contribution >= 0.6 is 0 Å². The molecule has 0 amide bonds. The van der Waals surface area contributed by atoms with E-state index in [2.05, 4.69) is 11.8 Å². The Balaban J connectivity index is 3.86. The summed E-state index contributed by atoms with van der Waals surface area (Å²) in [7, 11) is 2.01. The van der Waals surface area contributed by atoms with Crippen LogP contribution in [0.1, 0.15) is 20.8 Å². The summed E-state index contributed by atoms with van der Waals surface area (Å²) in [5, 5.41) is 0. The van der Waals surface area contributed by atoms with Crippen molar-refractivity contribution in [2.45, 2.75) is 26.3 Å². The molecule has 0 rings (SSSR count). The van der Waals surface area contributed by atoms with Gasteiger partial charge in [-0.25, -0.2) is 0 Å². The van der Waals surface area contributed by atoms with Gasteiger partial charge in [0.2, 0.25) is 0 Å². The third-order valence-corrected chi connectivity index (χ3v) is 2.01. The summed E-state index contributed by atoms with van der Waals surface area (Å²) in [5.41, 5.74) is -0.0599. The molecule has 0 aromatic heterocycles. The van der Waals surface area contributed by atoms with Gasteiger partial charge in [-0.1, -0.05) is 6.92 Å². The Morgan fingerprint density at radius 1 is 1.55 bits per heavy atom. The normalized spacial score (nSPS) is 11.7. The summed E-state index contributed by atoms with van der Waals surface area (Å²) in [6.07, 6.45) is 0.